The van der Waals surface area contributed by atoms with Gasteiger partial charge in [0.15, 0.2) is 5.78 Å². The normalized spacial score (nSPS) is 26.6. The van der Waals surface area contributed by atoms with Crippen molar-refractivity contribution in [2.45, 2.75) is 25.3 Å². The zero-order chi connectivity index (χ0) is 11.1. The van der Waals surface area contributed by atoms with E-state index in [0.29, 0.717) is 17.2 Å². The fourth-order valence-corrected chi connectivity index (χ4v) is 2.79. The fraction of sp³-hybridized carbons (Fsp3) is 0.385. The number of hydrogen-bond acceptors (Lipinski definition) is 3. The van der Waals surface area contributed by atoms with E-state index < -0.39 is 0 Å². The van der Waals surface area contributed by atoms with Crippen LogP contribution in [0.15, 0.2) is 18.2 Å². The molecule has 1 aliphatic carbocycles. The number of carbonyl (C=O) groups excluding carboxylic acids is 1. The van der Waals surface area contributed by atoms with Crippen LogP contribution in [0.1, 0.15) is 35.2 Å². The number of Topliss-reactive ketones (excluding diaryl/α,β-unsaturated/α-hetero) is 1. The summed E-state index contributed by atoms with van der Waals surface area (Å²) >= 11 is 0. The van der Waals surface area contributed by atoms with Crippen molar-refractivity contribution in [1.29, 1.82) is 5.26 Å². The first-order valence-electron chi connectivity index (χ1n) is 5.64. The van der Waals surface area contributed by atoms with Gasteiger partial charge in [0.1, 0.15) is 0 Å². The van der Waals surface area contributed by atoms with Crippen LogP contribution in [0.5, 0.6) is 0 Å². The number of nitriles is 1. The second-order valence-electron chi connectivity index (χ2n) is 4.52. The lowest BCUT2D eigenvalue weighted by Gasteiger charge is -2.28. The highest BCUT2D eigenvalue weighted by molar-refractivity contribution is 6.05. The maximum absolute atomic E-state index is 12.2. The maximum Gasteiger partial charge on any atom is 0.170 e. The van der Waals surface area contributed by atoms with Crippen LogP contribution in [0.25, 0.3) is 0 Å². The second kappa shape index (κ2) is 3.34. The largest absolute Gasteiger partial charge is 0.381 e. The van der Waals surface area contributed by atoms with Gasteiger partial charge in [-0.25, -0.2) is 0 Å². The van der Waals surface area contributed by atoms with Gasteiger partial charge in [-0.1, -0.05) is 6.42 Å². The summed E-state index contributed by atoms with van der Waals surface area (Å²) in [4.78, 5) is 12.2. The molecule has 0 spiro atoms. The first-order chi connectivity index (χ1) is 7.79. The SMILES string of the molecule is N#Cc1ccc2c(c1)C(=O)C1CCCC1N2. The number of ketones is 1. The molecule has 2 unspecified atom stereocenters. The molecule has 1 aliphatic heterocycles. The highest BCUT2D eigenvalue weighted by atomic mass is 16.1. The number of hydrogen-bond donors (Lipinski definition) is 1. The third-order valence-corrected chi connectivity index (χ3v) is 3.61. The minimum absolute atomic E-state index is 0.126. The summed E-state index contributed by atoms with van der Waals surface area (Å²) < 4.78 is 0. The van der Waals surface area contributed by atoms with Crippen LogP contribution in [-0.4, -0.2) is 11.8 Å². The Morgan fingerprint density at radius 1 is 1.38 bits per heavy atom. The van der Waals surface area contributed by atoms with Gasteiger partial charge in [-0.05, 0) is 31.0 Å². The fourth-order valence-electron chi connectivity index (χ4n) is 2.79. The van der Waals surface area contributed by atoms with E-state index in [1.54, 1.807) is 12.1 Å². The molecule has 1 aromatic rings. The standard InChI is InChI=1S/C13H12N2O/c14-7-8-4-5-12-10(6-8)13(16)9-2-1-3-11(9)15-12/h4-6,9,11,15H,1-3H2. The Morgan fingerprint density at radius 3 is 3.06 bits per heavy atom. The zero-order valence-electron chi connectivity index (χ0n) is 8.86. The van der Waals surface area contributed by atoms with Crippen LogP contribution < -0.4 is 5.32 Å². The number of carbonyl (C=O) groups is 1. The highest BCUT2D eigenvalue weighted by Crippen LogP contribution is 2.37. The van der Waals surface area contributed by atoms with Crippen LogP contribution in [0.2, 0.25) is 0 Å². The predicted molar refractivity (Wildman–Crippen MR) is 60.2 cm³/mol. The summed E-state index contributed by atoms with van der Waals surface area (Å²) in [5, 5.41) is 12.2. The first-order valence-corrected chi connectivity index (χ1v) is 5.64. The van der Waals surface area contributed by atoms with Crippen LogP contribution in [0.3, 0.4) is 0 Å². The Hall–Kier alpha value is -1.82. The molecule has 0 aromatic heterocycles. The van der Waals surface area contributed by atoms with Gasteiger partial charge in [0, 0.05) is 23.2 Å². The van der Waals surface area contributed by atoms with Crippen molar-refractivity contribution in [3.63, 3.8) is 0 Å². The number of rotatable bonds is 0. The highest BCUT2D eigenvalue weighted by Gasteiger charge is 2.38. The molecule has 2 aliphatic rings. The number of anilines is 1. The van der Waals surface area contributed by atoms with Gasteiger partial charge < -0.3 is 5.32 Å². The van der Waals surface area contributed by atoms with Crippen LogP contribution in [0, 0.1) is 17.2 Å². The molecule has 16 heavy (non-hydrogen) atoms. The van der Waals surface area contributed by atoms with Crippen molar-refractivity contribution in [2.75, 3.05) is 5.32 Å². The van der Waals surface area contributed by atoms with E-state index >= 15 is 0 Å². The number of benzene rings is 1. The average Bonchev–Trinajstić information content (AvgIpc) is 2.77. The smallest absolute Gasteiger partial charge is 0.170 e. The van der Waals surface area contributed by atoms with E-state index in [0.717, 1.165) is 24.9 Å². The van der Waals surface area contributed by atoms with E-state index in [2.05, 4.69) is 11.4 Å². The molecule has 2 atom stereocenters. The van der Waals surface area contributed by atoms with Gasteiger partial charge in [0.2, 0.25) is 0 Å². The topological polar surface area (TPSA) is 52.9 Å². The van der Waals surface area contributed by atoms with Gasteiger partial charge in [0.25, 0.3) is 0 Å². The molecule has 0 amide bonds. The number of fused-ring (bicyclic) bond motifs is 2. The predicted octanol–water partition coefficient (Wildman–Crippen LogP) is 2.34. The lowest BCUT2D eigenvalue weighted by Crippen LogP contribution is -2.35. The molecule has 3 nitrogen and oxygen atoms in total. The van der Waals surface area contributed by atoms with Crippen LogP contribution in [0.4, 0.5) is 5.69 Å². The van der Waals surface area contributed by atoms with Gasteiger partial charge >= 0.3 is 0 Å². The van der Waals surface area contributed by atoms with E-state index in [4.69, 9.17) is 5.26 Å². The third kappa shape index (κ3) is 1.23. The first kappa shape index (κ1) is 9.41. The molecule has 1 fully saturated rings. The summed E-state index contributed by atoms with van der Waals surface area (Å²) in [5.74, 6) is 0.342. The summed E-state index contributed by atoms with van der Waals surface area (Å²) in [6.45, 7) is 0. The molecule has 1 saturated carbocycles. The molecular formula is C13H12N2O. The number of nitrogens with one attached hydrogen (secondary N) is 1. The summed E-state index contributed by atoms with van der Waals surface area (Å²) in [7, 11) is 0. The van der Waals surface area contributed by atoms with E-state index in [1.165, 1.54) is 0 Å². The molecule has 0 saturated heterocycles. The van der Waals surface area contributed by atoms with Crippen molar-refractivity contribution in [2.24, 2.45) is 5.92 Å². The van der Waals surface area contributed by atoms with Crippen molar-refractivity contribution >= 4 is 11.5 Å². The van der Waals surface area contributed by atoms with E-state index in [1.807, 2.05) is 6.07 Å². The Labute approximate surface area is 94.1 Å². The third-order valence-electron chi connectivity index (χ3n) is 3.61. The van der Waals surface area contributed by atoms with Gasteiger partial charge in [-0.3, -0.25) is 4.79 Å². The quantitative estimate of drug-likeness (QED) is 0.718. The van der Waals surface area contributed by atoms with Crippen molar-refractivity contribution in [3.8, 4) is 6.07 Å². The Bertz CT molecular complexity index is 501. The number of nitrogens with zero attached hydrogens (tertiary/aromatic N) is 1. The summed E-state index contributed by atoms with van der Waals surface area (Å²) in [6.07, 6.45) is 3.18. The zero-order valence-corrected chi connectivity index (χ0v) is 8.86. The average molecular weight is 212 g/mol. The van der Waals surface area contributed by atoms with Crippen LogP contribution >= 0.6 is 0 Å². The Morgan fingerprint density at radius 2 is 2.25 bits per heavy atom. The molecule has 3 heteroatoms. The molecule has 3 rings (SSSR count). The van der Waals surface area contributed by atoms with Gasteiger partial charge in [-0.2, -0.15) is 5.26 Å². The van der Waals surface area contributed by atoms with Crippen LogP contribution in [-0.2, 0) is 0 Å². The lowest BCUT2D eigenvalue weighted by atomic mass is 9.87. The van der Waals surface area contributed by atoms with Gasteiger partial charge in [-0.15, -0.1) is 0 Å². The van der Waals surface area contributed by atoms with Gasteiger partial charge in [0.05, 0.1) is 11.6 Å². The molecule has 1 N–H and O–H groups in total. The molecule has 1 heterocycles. The molecular weight excluding hydrogens is 200 g/mol. The van der Waals surface area contributed by atoms with Crippen molar-refractivity contribution in [3.05, 3.63) is 29.3 Å². The Balaban J connectivity index is 2.08. The lowest BCUT2D eigenvalue weighted by molar-refractivity contribution is 0.0911. The maximum atomic E-state index is 12.2. The monoisotopic (exact) mass is 212 g/mol. The van der Waals surface area contributed by atoms with Crippen molar-refractivity contribution in [1.82, 2.24) is 0 Å². The minimum atomic E-state index is 0.126. The van der Waals surface area contributed by atoms with Crippen molar-refractivity contribution < 1.29 is 4.79 Å². The van der Waals surface area contributed by atoms with E-state index in [9.17, 15) is 4.79 Å². The summed E-state index contributed by atoms with van der Waals surface area (Å²) in [6, 6.07) is 7.70. The molecule has 1 aromatic carbocycles. The second-order valence-corrected chi connectivity index (χ2v) is 4.52. The minimum Gasteiger partial charge on any atom is -0.381 e. The summed E-state index contributed by atoms with van der Waals surface area (Å²) in [5.41, 5.74) is 2.15. The Kier molecular flexibility index (Phi) is 1.97. The van der Waals surface area contributed by atoms with E-state index in [-0.39, 0.29) is 11.7 Å². The molecule has 0 radical (unpaired) electrons. The molecule has 0 bridgehead atoms. The molecule has 80 valence electrons.